The highest BCUT2D eigenvalue weighted by molar-refractivity contribution is 7.99. The van der Waals surface area contributed by atoms with E-state index in [1.165, 1.54) is 17.8 Å². The number of thiophene rings is 1. The number of ether oxygens (including phenoxy) is 1. The Morgan fingerprint density at radius 3 is 2.73 bits per heavy atom. The van der Waals surface area contributed by atoms with Crippen LogP contribution in [-0.4, -0.2) is 52.7 Å². The summed E-state index contributed by atoms with van der Waals surface area (Å²) in [6.07, 6.45) is -3.86. The average molecular weight is 498 g/mol. The van der Waals surface area contributed by atoms with Gasteiger partial charge in [-0.15, -0.1) is 21.5 Å². The average Bonchev–Trinajstić information content (AvgIpc) is 3.43. The minimum Gasteiger partial charge on any atom is -0.378 e. The van der Waals surface area contributed by atoms with E-state index >= 15 is 0 Å². The van der Waals surface area contributed by atoms with Gasteiger partial charge in [-0.3, -0.25) is 4.79 Å². The minimum absolute atomic E-state index is 0.0101. The highest BCUT2D eigenvalue weighted by atomic mass is 32.2. The van der Waals surface area contributed by atoms with Crippen LogP contribution in [-0.2, 0) is 29.2 Å². The van der Waals surface area contributed by atoms with Crippen LogP contribution in [0.1, 0.15) is 16.3 Å². The summed E-state index contributed by atoms with van der Waals surface area (Å²) in [6, 6.07) is 7.39. The highest BCUT2D eigenvalue weighted by Crippen LogP contribution is 2.36. The fraction of sp³-hybridized carbons (Fsp3) is 0.381. The number of anilines is 2. The van der Waals surface area contributed by atoms with Crippen LogP contribution < -0.4 is 10.2 Å². The molecule has 33 heavy (non-hydrogen) atoms. The van der Waals surface area contributed by atoms with E-state index in [-0.39, 0.29) is 11.4 Å². The molecule has 0 aliphatic carbocycles. The number of hydrogen-bond acceptors (Lipinski definition) is 7. The van der Waals surface area contributed by atoms with E-state index in [0.717, 1.165) is 22.8 Å². The van der Waals surface area contributed by atoms with Gasteiger partial charge < -0.3 is 19.5 Å². The number of thioether (sulfide) groups is 1. The molecule has 1 aliphatic rings. The van der Waals surface area contributed by atoms with Gasteiger partial charge in [0.2, 0.25) is 5.91 Å². The fourth-order valence-corrected chi connectivity index (χ4v) is 4.83. The standard InChI is InChI=1S/C21H22F3N5O2S2/c1-28-18(12-15-3-2-10-32-15)26-27-20(28)33-13-19(30)25-16-11-14(21(22,23)24)4-5-17(16)29-6-8-31-9-7-29/h2-5,10-11H,6-9,12-13H2,1H3,(H,25,30). The number of hydrogen-bond donors (Lipinski definition) is 1. The van der Waals surface area contributed by atoms with Gasteiger partial charge in [0.25, 0.3) is 0 Å². The van der Waals surface area contributed by atoms with Crippen LogP contribution in [0, 0.1) is 0 Å². The predicted octanol–water partition coefficient (Wildman–Crippen LogP) is 4.05. The maximum atomic E-state index is 13.3. The summed E-state index contributed by atoms with van der Waals surface area (Å²) in [5, 5.41) is 13.5. The Bertz CT molecular complexity index is 1100. The monoisotopic (exact) mass is 497 g/mol. The molecule has 7 nitrogen and oxygen atoms in total. The zero-order valence-corrected chi connectivity index (χ0v) is 19.4. The normalized spacial score (nSPS) is 14.5. The van der Waals surface area contributed by atoms with Crippen LogP contribution in [0.3, 0.4) is 0 Å². The van der Waals surface area contributed by atoms with E-state index in [9.17, 15) is 18.0 Å². The van der Waals surface area contributed by atoms with Crippen molar-refractivity contribution < 1.29 is 22.7 Å². The summed E-state index contributed by atoms with van der Waals surface area (Å²) in [5.74, 6) is 0.341. The molecule has 0 unspecified atom stereocenters. The molecule has 176 valence electrons. The van der Waals surface area contributed by atoms with E-state index in [1.54, 1.807) is 11.3 Å². The van der Waals surface area contributed by atoms with Crippen LogP contribution >= 0.6 is 23.1 Å². The maximum Gasteiger partial charge on any atom is 0.416 e. The third-order valence-corrected chi connectivity index (χ3v) is 7.02. The lowest BCUT2D eigenvalue weighted by atomic mass is 10.1. The number of nitrogens with one attached hydrogen (secondary N) is 1. The first-order valence-electron chi connectivity index (χ1n) is 10.2. The fourth-order valence-electron chi connectivity index (χ4n) is 3.40. The second kappa shape index (κ2) is 10.1. The van der Waals surface area contributed by atoms with Crippen molar-refractivity contribution in [3.63, 3.8) is 0 Å². The molecule has 0 atom stereocenters. The second-order valence-corrected chi connectivity index (χ2v) is 9.35. The molecule has 4 rings (SSSR count). The zero-order valence-electron chi connectivity index (χ0n) is 17.8. The van der Waals surface area contributed by atoms with Crippen molar-refractivity contribution in [1.82, 2.24) is 14.8 Å². The Kier molecular flexibility index (Phi) is 7.25. The quantitative estimate of drug-likeness (QED) is 0.497. The number of rotatable bonds is 7. The highest BCUT2D eigenvalue weighted by Gasteiger charge is 2.32. The lowest BCUT2D eigenvalue weighted by Gasteiger charge is -2.31. The van der Waals surface area contributed by atoms with Gasteiger partial charge in [-0.1, -0.05) is 17.8 Å². The summed E-state index contributed by atoms with van der Waals surface area (Å²) >= 11 is 2.81. The third-order valence-electron chi connectivity index (χ3n) is 5.12. The lowest BCUT2D eigenvalue weighted by molar-refractivity contribution is -0.137. The first kappa shape index (κ1) is 23.6. The summed E-state index contributed by atoms with van der Waals surface area (Å²) in [4.78, 5) is 15.7. The molecule has 0 radical (unpaired) electrons. The molecule has 1 aliphatic heterocycles. The molecule has 1 N–H and O–H groups in total. The number of morpholine rings is 1. The minimum atomic E-state index is -4.50. The van der Waals surface area contributed by atoms with Crippen molar-refractivity contribution in [3.05, 3.63) is 52.0 Å². The van der Waals surface area contributed by atoms with Gasteiger partial charge in [0.1, 0.15) is 5.82 Å². The van der Waals surface area contributed by atoms with E-state index in [1.807, 2.05) is 34.0 Å². The summed E-state index contributed by atoms with van der Waals surface area (Å²) in [7, 11) is 1.83. The molecule has 1 amide bonds. The molecule has 12 heteroatoms. The van der Waals surface area contributed by atoms with Gasteiger partial charge in [0.05, 0.1) is 35.9 Å². The van der Waals surface area contributed by atoms with Crippen LogP contribution in [0.4, 0.5) is 24.5 Å². The van der Waals surface area contributed by atoms with E-state index in [4.69, 9.17) is 4.74 Å². The summed E-state index contributed by atoms with van der Waals surface area (Å²) in [5.41, 5.74) is -0.135. The van der Waals surface area contributed by atoms with Crippen molar-refractivity contribution in [3.8, 4) is 0 Å². The number of carbonyl (C=O) groups excluding carboxylic acids is 1. The van der Waals surface area contributed by atoms with Crippen molar-refractivity contribution >= 4 is 40.4 Å². The Morgan fingerprint density at radius 1 is 1.24 bits per heavy atom. The molecule has 0 saturated carbocycles. The number of halogens is 3. The molecule has 2 aromatic heterocycles. The SMILES string of the molecule is Cn1c(Cc2cccs2)nnc1SCC(=O)Nc1cc(C(F)(F)F)ccc1N1CCOCC1. The number of benzene rings is 1. The number of carbonyl (C=O) groups is 1. The van der Waals surface area contributed by atoms with Gasteiger partial charge in [-0.2, -0.15) is 13.2 Å². The van der Waals surface area contributed by atoms with Gasteiger partial charge in [-0.05, 0) is 29.6 Å². The molecule has 1 aromatic carbocycles. The lowest BCUT2D eigenvalue weighted by Crippen LogP contribution is -2.37. The largest absolute Gasteiger partial charge is 0.416 e. The molecular weight excluding hydrogens is 475 g/mol. The van der Waals surface area contributed by atoms with Crippen molar-refractivity contribution in [2.75, 3.05) is 42.3 Å². The van der Waals surface area contributed by atoms with E-state index < -0.39 is 17.6 Å². The van der Waals surface area contributed by atoms with Crippen LogP contribution in [0.5, 0.6) is 0 Å². The van der Waals surface area contributed by atoms with Gasteiger partial charge in [-0.25, -0.2) is 0 Å². The smallest absolute Gasteiger partial charge is 0.378 e. The van der Waals surface area contributed by atoms with Crippen molar-refractivity contribution in [2.45, 2.75) is 17.8 Å². The van der Waals surface area contributed by atoms with Crippen LogP contribution in [0.2, 0.25) is 0 Å². The van der Waals surface area contributed by atoms with Gasteiger partial charge in [0, 0.05) is 31.4 Å². The van der Waals surface area contributed by atoms with Gasteiger partial charge in [0.15, 0.2) is 5.16 Å². The summed E-state index contributed by atoms with van der Waals surface area (Å²) < 4.78 is 46.9. The first-order chi connectivity index (χ1) is 15.8. The predicted molar refractivity (Wildman–Crippen MR) is 122 cm³/mol. The Hall–Kier alpha value is -2.57. The molecule has 3 aromatic rings. The molecular formula is C21H22F3N5O2S2. The number of amides is 1. The molecule has 3 heterocycles. The second-order valence-electron chi connectivity index (χ2n) is 7.38. The Labute approximate surface area is 196 Å². The van der Waals surface area contributed by atoms with Crippen LogP contribution in [0.15, 0.2) is 40.9 Å². The Morgan fingerprint density at radius 2 is 2.03 bits per heavy atom. The van der Waals surface area contributed by atoms with Crippen LogP contribution in [0.25, 0.3) is 0 Å². The third kappa shape index (κ3) is 5.87. The molecule has 0 bridgehead atoms. The number of alkyl halides is 3. The van der Waals surface area contributed by atoms with Gasteiger partial charge >= 0.3 is 6.18 Å². The van der Waals surface area contributed by atoms with E-state index in [2.05, 4.69) is 15.5 Å². The first-order valence-corrected chi connectivity index (χ1v) is 12.0. The molecule has 1 saturated heterocycles. The van der Waals surface area contributed by atoms with Crippen molar-refractivity contribution in [1.29, 1.82) is 0 Å². The number of aromatic nitrogens is 3. The molecule has 1 fully saturated rings. The Balaban J connectivity index is 1.45. The number of nitrogens with zero attached hydrogens (tertiary/aromatic N) is 4. The van der Waals surface area contributed by atoms with E-state index in [0.29, 0.717) is 43.6 Å². The van der Waals surface area contributed by atoms with Crippen molar-refractivity contribution in [2.24, 2.45) is 7.05 Å². The zero-order chi connectivity index (χ0) is 23.4. The summed E-state index contributed by atoms with van der Waals surface area (Å²) in [6.45, 7) is 2.03. The topological polar surface area (TPSA) is 72.3 Å². The molecule has 0 spiro atoms. The maximum absolute atomic E-state index is 13.3.